The van der Waals surface area contributed by atoms with E-state index in [1.165, 1.54) is 18.2 Å². The van der Waals surface area contributed by atoms with Crippen LogP contribution in [0, 0.1) is 0 Å². The number of hydrogen-bond acceptors (Lipinski definition) is 7. The molecular weight excluding hydrogens is 336 g/mol. The van der Waals surface area contributed by atoms with Crippen LogP contribution in [0.5, 0.6) is 17.2 Å². The van der Waals surface area contributed by atoms with Gasteiger partial charge >= 0.3 is 0 Å². The number of phenols is 2. The van der Waals surface area contributed by atoms with E-state index in [0.29, 0.717) is 36.9 Å². The minimum Gasteiger partial charge on any atom is -0.508 e. The molecule has 2 aromatic carbocycles. The fourth-order valence-electron chi connectivity index (χ4n) is 1.55. The summed E-state index contributed by atoms with van der Waals surface area (Å²) in [5.41, 5.74) is 12.4. The maximum Gasteiger partial charge on any atom is 0.144 e. The van der Waals surface area contributed by atoms with Crippen LogP contribution in [0.2, 0.25) is 5.02 Å². The third kappa shape index (κ3) is 7.28. The second kappa shape index (κ2) is 10.4. The Kier molecular flexibility index (Phi) is 8.56. The van der Waals surface area contributed by atoms with Gasteiger partial charge in [0, 0.05) is 17.8 Å². The Bertz CT molecular complexity index is 640. The van der Waals surface area contributed by atoms with Crippen molar-refractivity contribution in [2.24, 2.45) is 0 Å². The Morgan fingerprint density at radius 3 is 2.33 bits per heavy atom. The zero-order chi connectivity index (χ0) is 17.9. The van der Waals surface area contributed by atoms with E-state index in [0.717, 1.165) is 0 Å². The summed E-state index contributed by atoms with van der Waals surface area (Å²) in [7, 11) is 0. The second-order valence-corrected chi connectivity index (χ2v) is 5.02. The van der Waals surface area contributed by atoms with Gasteiger partial charge < -0.3 is 36.3 Å². The number of phenolic OH excluding ortho intramolecular Hbond substituents is 2. The molecule has 0 atom stereocenters. The highest BCUT2D eigenvalue weighted by molar-refractivity contribution is 6.32. The lowest BCUT2D eigenvalue weighted by Crippen LogP contribution is -2.10. The van der Waals surface area contributed by atoms with E-state index in [1.54, 1.807) is 18.2 Å². The van der Waals surface area contributed by atoms with E-state index in [4.69, 9.17) is 47.9 Å². The summed E-state index contributed by atoms with van der Waals surface area (Å²) in [6.07, 6.45) is 0. The lowest BCUT2D eigenvalue weighted by Gasteiger charge is -2.09. The number of rotatable bonds is 6. The van der Waals surface area contributed by atoms with Crippen LogP contribution in [0.1, 0.15) is 0 Å². The lowest BCUT2D eigenvalue weighted by atomic mass is 10.2. The van der Waals surface area contributed by atoms with Crippen molar-refractivity contribution >= 4 is 23.0 Å². The molecule has 2 rings (SSSR count). The number of aromatic hydroxyl groups is 2. The highest BCUT2D eigenvalue weighted by atomic mass is 35.5. The molecule has 0 radical (unpaired) electrons. The summed E-state index contributed by atoms with van der Waals surface area (Å²) < 4.78 is 10.4. The van der Waals surface area contributed by atoms with Gasteiger partial charge in [-0.05, 0) is 24.3 Å². The van der Waals surface area contributed by atoms with Crippen LogP contribution < -0.4 is 16.2 Å². The zero-order valence-electron chi connectivity index (χ0n) is 13.0. The first kappa shape index (κ1) is 19.7. The molecule has 2 aromatic rings. The van der Waals surface area contributed by atoms with Crippen LogP contribution in [-0.4, -0.2) is 41.7 Å². The SMILES string of the molecule is Nc1ccc(N)c(OCCOCCO)c1.Oc1ccc(Cl)c(O)c1. The molecule has 0 aliphatic heterocycles. The third-order valence-electron chi connectivity index (χ3n) is 2.69. The first-order valence-electron chi connectivity index (χ1n) is 7.08. The van der Waals surface area contributed by atoms with Crippen LogP contribution >= 0.6 is 11.6 Å². The van der Waals surface area contributed by atoms with Gasteiger partial charge in [-0.15, -0.1) is 0 Å². The van der Waals surface area contributed by atoms with Crippen molar-refractivity contribution in [2.75, 3.05) is 37.9 Å². The zero-order valence-corrected chi connectivity index (χ0v) is 13.7. The maximum atomic E-state index is 8.81. The van der Waals surface area contributed by atoms with E-state index in [2.05, 4.69) is 0 Å². The normalized spacial score (nSPS) is 9.92. The first-order valence-corrected chi connectivity index (χ1v) is 7.45. The van der Waals surface area contributed by atoms with Crippen molar-refractivity contribution in [3.05, 3.63) is 41.4 Å². The van der Waals surface area contributed by atoms with Crippen LogP contribution in [0.3, 0.4) is 0 Å². The van der Waals surface area contributed by atoms with E-state index < -0.39 is 0 Å². The summed E-state index contributed by atoms with van der Waals surface area (Å²) in [5, 5.41) is 26.2. The largest absolute Gasteiger partial charge is 0.508 e. The Morgan fingerprint density at radius 2 is 1.71 bits per heavy atom. The molecule has 24 heavy (non-hydrogen) atoms. The number of ether oxygens (including phenoxy) is 2. The molecule has 132 valence electrons. The molecule has 0 spiro atoms. The smallest absolute Gasteiger partial charge is 0.144 e. The number of anilines is 2. The fraction of sp³-hybridized carbons (Fsp3) is 0.250. The summed E-state index contributed by atoms with van der Waals surface area (Å²) in [5.74, 6) is 0.469. The summed E-state index contributed by atoms with van der Waals surface area (Å²) in [6.45, 7) is 1.12. The molecule has 7 N–H and O–H groups in total. The van der Waals surface area contributed by atoms with Gasteiger partial charge in [-0.25, -0.2) is 0 Å². The molecule has 0 aromatic heterocycles. The standard InChI is InChI=1S/C10H16N2O3.C6H5ClO2/c11-8-1-2-9(12)10(7-8)15-6-5-14-4-3-13;7-5-2-1-4(8)3-6(5)9/h1-2,7,13H,3-6,11-12H2;1-3,8-9H. The van der Waals surface area contributed by atoms with Crippen LogP contribution in [0.25, 0.3) is 0 Å². The molecule has 0 bridgehead atoms. The Morgan fingerprint density at radius 1 is 0.958 bits per heavy atom. The quantitative estimate of drug-likeness (QED) is 0.395. The van der Waals surface area contributed by atoms with Gasteiger partial charge in [0.05, 0.1) is 30.5 Å². The van der Waals surface area contributed by atoms with Gasteiger partial charge in [0.25, 0.3) is 0 Å². The number of hydrogen-bond donors (Lipinski definition) is 5. The maximum absolute atomic E-state index is 8.81. The molecule has 0 amide bonds. The van der Waals surface area contributed by atoms with Crippen molar-refractivity contribution in [3.8, 4) is 17.2 Å². The molecule has 0 unspecified atom stereocenters. The van der Waals surface area contributed by atoms with E-state index in [-0.39, 0.29) is 23.1 Å². The summed E-state index contributed by atoms with van der Waals surface area (Å²) in [4.78, 5) is 0. The number of nitrogens with two attached hydrogens (primary N) is 2. The molecular formula is C16H21ClN2O5. The predicted molar refractivity (Wildman–Crippen MR) is 93.4 cm³/mol. The third-order valence-corrected chi connectivity index (χ3v) is 3.01. The van der Waals surface area contributed by atoms with Crippen molar-refractivity contribution in [1.29, 1.82) is 0 Å². The van der Waals surface area contributed by atoms with Gasteiger partial charge in [-0.1, -0.05) is 11.6 Å². The number of aliphatic hydroxyl groups is 1. The monoisotopic (exact) mass is 356 g/mol. The van der Waals surface area contributed by atoms with Crippen LogP contribution in [0.4, 0.5) is 11.4 Å². The second-order valence-electron chi connectivity index (χ2n) is 4.62. The highest BCUT2D eigenvalue weighted by Gasteiger charge is 2.00. The number of halogens is 1. The average molecular weight is 357 g/mol. The first-order chi connectivity index (χ1) is 11.4. The van der Waals surface area contributed by atoms with E-state index >= 15 is 0 Å². The molecule has 0 saturated heterocycles. The Labute approximate surface area is 145 Å². The van der Waals surface area contributed by atoms with Crippen molar-refractivity contribution in [1.82, 2.24) is 0 Å². The fourth-order valence-corrected chi connectivity index (χ4v) is 1.67. The van der Waals surface area contributed by atoms with Crippen LogP contribution in [0.15, 0.2) is 36.4 Å². The number of nitrogen functional groups attached to an aromatic ring is 2. The molecule has 0 aliphatic rings. The summed E-state index contributed by atoms with van der Waals surface area (Å²) >= 11 is 5.42. The Hall–Kier alpha value is -2.35. The molecule has 0 fully saturated rings. The van der Waals surface area contributed by atoms with Gasteiger partial charge in [0.15, 0.2) is 0 Å². The molecule has 0 heterocycles. The number of aliphatic hydroxyl groups excluding tert-OH is 1. The average Bonchev–Trinajstić information content (AvgIpc) is 2.55. The van der Waals surface area contributed by atoms with Gasteiger partial charge in [0.2, 0.25) is 0 Å². The Balaban J connectivity index is 0.000000272. The molecule has 0 aliphatic carbocycles. The minimum atomic E-state index is -0.100. The van der Waals surface area contributed by atoms with Crippen molar-refractivity contribution in [2.45, 2.75) is 0 Å². The molecule has 7 nitrogen and oxygen atoms in total. The minimum absolute atomic E-state index is 0.0110. The molecule has 8 heteroatoms. The van der Waals surface area contributed by atoms with Gasteiger partial charge in [-0.2, -0.15) is 0 Å². The van der Waals surface area contributed by atoms with Gasteiger partial charge in [0.1, 0.15) is 23.9 Å². The van der Waals surface area contributed by atoms with E-state index in [9.17, 15) is 0 Å². The predicted octanol–water partition coefficient (Wildman–Crippen LogP) is 1.99. The van der Waals surface area contributed by atoms with Gasteiger partial charge in [-0.3, -0.25) is 0 Å². The van der Waals surface area contributed by atoms with E-state index in [1.807, 2.05) is 0 Å². The lowest BCUT2D eigenvalue weighted by molar-refractivity contribution is 0.0707. The van der Waals surface area contributed by atoms with Crippen molar-refractivity contribution in [3.63, 3.8) is 0 Å². The molecule has 0 saturated carbocycles. The summed E-state index contributed by atoms with van der Waals surface area (Å²) in [6, 6.07) is 9.09. The number of benzene rings is 2. The topological polar surface area (TPSA) is 131 Å². The highest BCUT2D eigenvalue weighted by Crippen LogP contribution is 2.26. The van der Waals surface area contributed by atoms with Crippen molar-refractivity contribution < 1.29 is 24.8 Å². The van der Waals surface area contributed by atoms with Crippen LogP contribution in [-0.2, 0) is 4.74 Å².